The van der Waals surface area contributed by atoms with Gasteiger partial charge in [-0.3, -0.25) is 4.79 Å². The first kappa shape index (κ1) is 15.7. The van der Waals surface area contributed by atoms with Crippen LogP contribution in [0.1, 0.15) is 16.1 Å². The monoisotopic (exact) mass is 322 g/mol. The first-order valence-corrected chi connectivity index (χ1v) is 7.46. The number of fused-ring (bicyclic) bond motifs is 1. The molecule has 0 atom stereocenters. The summed E-state index contributed by atoms with van der Waals surface area (Å²) in [6, 6.07) is 13.0. The fraction of sp³-hybridized carbons (Fsp3) is 0.167. The number of hydrogen-bond donors (Lipinski definition) is 1. The van der Waals surface area contributed by atoms with Crippen molar-refractivity contribution in [3.8, 4) is 5.75 Å². The second-order valence-electron chi connectivity index (χ2n) is 5.49. The average Bonchev–Trinajstić information content (AvgIpc) is 2.60. The minimum Gasteiger partial charge on any atom is -0.495 e. The standard InChI is InChI=1S/C18H18N4O2/c1-11-8-9-13-12(10-11)16(21-18(19)20-13)17(23)22(2)14-6-4-5-7-15(14)24-3/h4-10H,1-3H3,(H2,19,20,21). The Balaban J connectivity index is 2.13. The first-order chi connectivity index (χ1) is 11.5. The van der Waals surface area contributed by atoms with Gasteiger partial charge in [0.1, 0.15) is 11.4 Å². The van der Waals surface area contributed by atoms with Gasteiger partial charge in [0.2, 0.25) is 5.95 Å². The molecule has 1 heterocycles. The van der Waals surface area contributed by atoms with Gasteiger partial charge in [-0.05, 0) is 31.2 Å². The molecular weight excluding hydrogens is 304 g/mol. The third-order valence-corrected chi connectivity index (χ3v) is 3.82. The van der Waals surface area contributed by atoms with E-state index in [1.165, 1.54) is 4.90 Å². The van der Waals surface area contributed by atoms with Crippen molar-refractivity contribution in [1.82, 2.24) is 9.97 Å². The maximum Gasteiger partial charge on any atom is 0.277 e. The van der Waals surface area contributed by atoms with Gasteiger partial charge in [0, 0.05) is 12.4 Å². The SMILES string of the molecule is COc1ccccc1N(C)C(=O)c1nc(N)nc2ccc(C)cc12. The van der Waals surface area contributed by atoms with Gasteiger partial charge < -0.3 is 15.4 Å². The van der Waals surface area contributed by atoms with Crippen LogP contribution >= 0.6 is 0 Å². The Kier molecular flexibility index (Phi) is 4.04. The molecule has 0 spiro atoms. The number of amides is 1. The average molecular weight is 322 g/mol. The van der Waals surface area contributed by atoms with Gasteiger partial charge in [0.15, 0.2) is 0 Å². The van der Waals surface area contributed by atoms with Gasteiger partial charge in [0.05, 0.1) is 18.3 Å². The molecule has 1 aromatic heterocycles. The number of rotatable bonds is 3. The number of methoxy groups -OCH3 is 1. The number of hydrogen-bond acceptors (Lipinski definition) is 5. The van der Waals surface area contributed by atoms with E-state index >= 15 is 0 Å². The van der Waals surface area contributed by atoms with Crippen molar-refractivity contribution in [2.45, 2.75) is 6.92 Å². The summed E-state index contributed by atoms with van der Waals surface area (Å²) in [7, 11) is 3.25. The topological polar surface area (TPSA) is 81.3 Å². The van der Waals surface area contributed by atoms with Crippen molar-refractivity contribution in [1.29, 1.82) is 0 Å². The predicted octanol–water partition coefficient (Wildman–Crippen LogP) is 2.81. The van der Waals surface area contributed by atoms with Crippen LogP contribution in [0.2, 0.25) is 0 Å². The number of para-hydroxylation sites is 2. The van der Waals surface area contributed by atoms with Crippen molar-refractivity contribution < 1.29 is 9.53 Å². The van der Waals surface area contributed by atoms with E-state index in [1.807, 2.05) is 43.3 Å². The molecule has 0 aliphatic rings. The van der Waals surface area contributed by atoms with Gasteiger partial charge in [-0.2, -0.15) is 0 Å². The lowest BCUT2D eigenvalue weighted by Gasteiger charge is -2.20. The Bertz CT molecular complexity index is 924. The van der Waals surface area contributed by atoms with Crippen LogP contribution in [-0.2, 0) is 0 Å². The highest BCUT2D eigenvalue weighted by Crippen LogP contribution is 2.29. The molecule has 6 heteroatoms. The zero-order valence-corrected chi connectivity index (χ0v) is 13.8. The van der Waals surface area contributed by atoms with Crippen molar-refractivity contribution in [2.75, 3.05) is 24.8 Å². The predicted molar refractivity (Wildman–Crippen MR) is 94.4 cm³/mol. The van der Waals surface area contributed by atoms with Crippen molar-refractivity contribution in [3.05, 3.63) is 53.7 Å². The molecule has 0 saturated heterocycles. The van der Waals surface area contributed by atoms with Crippen LogP contribution in [0.3, 0.4) is 0 Å². The van der Waals surface area contributed by atoms with E-state index in [9.17, 15) is 4.79 Å². The van der Waals surface area contributed by atoms with E-state index in [2.05, 4.69) is 9.97 Å². The number of aryl methyl sites for hydroxylation is 1. The molecule has 1 amide bonds. The largest absolute Gasteiger partial charge is 0.495 e. The first-order valence-electron chi connectivity index (χ1n) is 7.46. The highest BCUT2D eigenvalue weighted by molar-refractivity contribution is 6.12. The third-order valence-electron chi connectivity index (χ3n) is 3.82. The van der Waals surface area contributed by atoms with E-state index in [-0.39, 0.29) is 17.5 Å². The van der Waals surface area contributed by atoms with Crippen LogP contribution in [0.4, 0.5) is 11.6 Å². The summed E-state index contributed by atoms with van der Waals surface area (Å²) >= 11 is 0. The summed E-state index contributed by atoms with van der Waals surface area (Å²) in [4.78, 5) is 22.9. The quantitative estimate of drug-likeness (QED) is 0.802. The van der Waals surface area contributed by atoms with Crippen molar-refractivity contribution >= 4 is 28.4 Å². The molecule has 0 fully saturated rings. The number of carbonyl (C=O) groups is 1. The minimum atomic E-state index is -0.274. The Morgan fingerprint density at radius 1 is 1.17 bits per heavy atom. The lowest BCUT2D eigenvalue weighted by Crippen LogP contribution is -2.28. The van der Waals surface area contributed by atoms with E-state index < -0.39 is 0 Å². The molecular formula is C18H18N4O2. The maximum absolute atomic E-state index is 13.0. The number of nitrogen functional groups attached to an aromatic ring is 1. The lowest BCUT2D eigenvalue weighted by atomic mass is 10.1. The van der Waals surface area contributed by atoms with E-state index in [1.54, 1.807) is 20.2 Å². The molecule has 0 saturated carbocycles. The number of benzene rings is 2. The van der Waals surface area contributed by atoms with Gasteiger partial charge in [-0.25, -0.2) is 9.97 Å². The molecule has 0 unspecified atom stereocenters. The lowest BCUT2D eigenvalue weighted by molar-refractivity contribution is 0.0989. The van der Waals surface area contributed by atoms with Gasteiger partial charge in [-0.1, -0.05) is 23.8 Å². The van der Waals surface area contributed by atoms with Crippen LogP contribution in [0, 0.1) is 6.92 Å². The summed E-state index contributed by atoms with van der Waals surface area (Å²) in [5.74, 6) is 0.406. The molecule has 0 bridgehead atoms. The molecule has 2 aromatic carbocycles. The fourth-order valence-corrected chi connectivity index (χ4v) is 2.60. The summed E-state index contributed by atoms with van der Waals surface area (Å²) in [5, 5.41) is 0.677. The van der Waals surface area contributed by atoms with Crippen LogP contribution in [-0.4, -0.2) is 30.0 Å². The van der Waals surface area contributed by atoms with Gasteiger partial charge in [0.25, 0.3) is 5.91 Å². The van der Waals surface area contributed by atoms with E-state index in [0.717, 1.165) is 5.56 Å². The van der Waals surface area contributed by atoms with Crippen LogP contribution in [0.5, 0.6) is 5.75 Å². The van der Waals surface area contributed by atoms with E-state index in [4.69, 9.17) is 10.5 Å². The summed E-state index contributed by atoms with van der Waals surface area (Å²) in [6.45, 7) is 1.95. The molecule has 0 aliphatic carbocycles. The molecule has 122 valence electrons. The van der Waals surface area contributed by atoms with E-state index in [0.29, 0.717) is 22.3 Å². The normalized spacial score (nSPS) is 10.6. The Morgan fingerprint density at radius 2 is 1.92 bits per heavy atom. The summed E-state index contributed by atoms with van der Waals surface area (Å²) in [6.07, 6.45) is 0. The van der Waals surface area contributed by atoms with Gasteiger partial charge in [-0.15, -0.1) is 0 Å². The Labute approximate surface area is 139 Å². The van der Waals surface area contributed by atoms with Gasteiger partial charge >= 0.3 is 0 Å². The highest BCUT2D eigenvalue weighted by atomic mass is 16.5. The third kappa shape index (κ3) is 2.74. The molecule has 2 N–H and O–H groups in total. The minimum absolute atomic E-state index is 0.0723. The van der Waals surface area contributed by atoms with Crippen LogP contribution < -0.4 is 15.4 Å². The Morgan fingerprint density at radius 3 is 2.67 bits per heavy atom. The molecule has 0 aliphatic heterocycles. The smallest absolute Gasteiger partial charge is 0.277 e. The second-order valence-corrected chi connectivity index (χ2v) is 5.49. The molecule has 24 heavy (non-hydrogen) atoms. The molecule has 0 radical (unpaired) electrons. The van der Waals surface area contributed by atoms with Crippen molar-refractivity contribution in [3.63, 3.8) is 0 Å². The zero-order chi connectivity index (χ0) is 17.3. The number of anilines is 2. The fourth-order valence-electron chi connectivity index (χ4n) is 2.60. The number of ether oxygens (including phenoxy) is 1. The maximum atomic E-state index is 13.0. The number of carbonyl (C=O) groups excluding carboxylic acids is 1. The summed E-state index contributed by atoms with van der Waals surface area (Å²) in [5.41, 5.74) is 8.37. The Hall–Kier alpha value is -3.15. The van der Waals surface area contributed by atoms with Crippen LogP contribution in [0.25, 0.3) is 10.9 Å². The number of nitrogens with two attached hydrogens (primary N) is 1. The van der Waals surface area contributed by atoms with Crippen LogP contribution in [0.15, 0.2) is 42.5 Å². The van der Waals surface area contributed by atoms with Crippen molar-refractivity contribution in [2.24, 2.45) is 0 Å². The zero-order valence-electron chi connectivity index (χ0n) is 13.8. The number of nitrogens with zero attached hydrogens (tertiary/aromatic N) is 3. The highest BCUT2D eigenvalue weighted by Gasteiger charge is 2.21. The second kappa shape index (κ2) is 6.16. The molecule has 6 nitrogen and oxygen atoms in total. The number of aromatic nitrogens is 2. The molecule has 3 rings (SSSR count). The summed E-state index contributed by atoms with van der Waals surface area (Å²) < 4.78 is 5.33. The molecule has 3 aromatic rings.